The fourth-order valence-corrected chi connectivity index (χ4v) is 0.446. The summed E-state index contributed by atoms with van der Waals surface area (Å²) in [6.07, 6.45) is -0.429. The normalized spacial score (nSPS) is 12.4. The molecule has 0 unspecified atom stereocenters. The molecule has 1 amide bonds. The molecule has 0 aromatic rings. The summed E-state index contributed by atoms with van der Waals surface area (Å²) in [7, 11) is 2.88. The van der Waals surface area contributed by atoms with E-state index < -0.39 is 6.09 Å². The van der Waals surface area contributed by atoms with Crippen molar-refractivity contribution in [1.82, 2.24) is 4.90 Å². The smallest absolute Gasteiger partial charge is 0.409 e. The van der Waals surface area contributed by atoms with Gasteiger partial charge in [-0.05, 0) is 6.92 Å². The lowest BCUT2D eigenvalue weighted by Gasteiger charge is -2.20. The highest BCUT2D eigenvalue weighted by Gasteiger charge is 2.13. The minimum Gasteiger partial charge on any atom is -0.453 e. The molecule has 0 spiro atoms. The molecule has 0 aliphatic heterocycles. The van der Waals surface area contributed by atoms with E-state index >= 15 is 0 Å². The van der Waals surface area contributed by atoms with E-state index in [4.69, 9.17) is 5.11 Å². The van der Waals surface area contributed by atoms with Crippen LogP contribution in [-0.2, 0) is 4.74 Å². The Kier molecular flexibility index (Phi) is 3.79. The average Bonchev–Trinajstić information content (AvgIpc) is 2.00. The molecule has 0 aliphatic rings. The van der Waals surface area contributed by atoms with Gasteiger partial charge in [0.1, 0.15) is 0 Å². The molecule has 0 rings (SSSR count). The van der Waals surface area contributed by atoms with Crippen LogP contribution in [-0.4, -0.2) is 42.9 Å². The van der Waals surface area contributed by atoms with E-state index in [1.54, 1.807) is 14.0 Å². The van der Waals surface area contributed by atoms with E-state index in [-0.39, 0.29) is 12.6 Å². The number of likely N-dealkylation sites (N-methyl/N-ethyl adjacent to an activating group) is 1. The highest BCUT2D eigenvalue weighted by Crippen LogP contribution is 1.95. The van der Waals surface area contributed by atoms with Crippen LogP contribution in [0.3, 0.4) is 0 Å². The lowest BCUT2D eigenvalue weighted by molar-refractivity contribution is 0.102. The Morgan fingerprint density at radius 1 is 1.80 bits per heavy atom. The second-order valence-corrected chi connectivity index (χ2v) is 2.11. The quantitative estimate of drug-likeness (QED) is 0.601. The zero-order chi connectivity index (χ0) is 8.15. The lowest BCUT2D eigenvalue weighted by atomic mass is 10.3. The van der Waals surface area contributed by atoms with Crippen molar-refractivity contribution < 1.29 is 14.6 Å². The van der Waals surface area contributed by atoms with Gasteiger partial charge < -0.3 is 14.7 Å². The highest BCUT2D eigenvalue weighted by atomic mass is 16.5. The number of methoxy groups -OCH3 is 1. The molecule has 60 valence electrons. The molecular weight excluding hydrogens is 134 g/mol. The van der Waals surface area contributed by atoms with E-state index in [0.29, 0.717) is 0 Å². The van der Waals surface area contributed by atoms with E-state index in [2.05, 4.69) is 4.74 Å². The molecule has 0 aromatic carbocycles. The summed E-state index contributed by atoms with van der Waals surface area (Å²) in [5, 5.41) is 8.60. The molecule has 1 atom stereocenters. The summed E-state index contributed by atoms with van der Waals surface area (Å²) in [5.74, 6) is 0. The summed E-state index contributed by atoms with van der Waals surface area (Å²) in [4.78, 5) is 12.0. The Hall–Kier alpha value is -0.770. The predicted molar refractivity (Wildman–Crippen MR) is 36.7 cm³/mol. The molecule has 0 bridgehead atoms. The maximum Gasteiger partial charge on any atom is 0.409 e. The lowest BCUT2D eigenvalue weighted by Crippen LogP contribution is -2.37. The highest BCUT2D eigenvalue weighted by molar-refractivity contribution is 5.67. The first-order chi connectivity index (χ1) is 4.63. The van der Waals surface area contributed by atoms with Crippen LogP contribution in [0, 0.1) is 0 Å². The van der Waals surface area contributed by atoms with Gasteiger partial charge in [-0.3, -0.25) is 0 Å². The number of carbonyl (C=O) groups is 1. The third-order valence-electron chi connectivity index (χ3n) is 1.39. The number of carbonyl (C=O) groups excluding carboxylic acids is 1. The number of aliphatic hydroxyl groups excluding tert-OH is 1. The summed E-state index contributed by atoms with van der Waals surface area (Å²) in [6.45, 7) is 1.68. The number of aliphatic hydroxyl groups is 1. The number of ether oxygens (including phenoxy) is 1. The van der Waals surface area contributed by atoms with E-state index in [1.807, 2.05) is 0 Å². The number of hydrogen-bond donors (Lipinski definition) is 1. The third-order valence-corrected chi connectivity index (χ3v) is 1.39. The zero-order valence-electron chi connectivity index (χ0n) is 6.50. The van der Waals surface area contributed by atoms with Crippen molar-refractivity contribution in [3.63, 3.8) is 0 Å². The monoisotopic (exact) mass is 147 g/mol. The largest absolute Gasteiger partial charge is 0.453 e. The second-order valence-electron chi connectivity index (χ2n) is 2.11. The molecule has 4 heteroatoms. The van der Waals surface area contributed by atoms with Crippen LogP contribution in [0.25, 0.3) is 0 Å². The van der Waals surface area contributed by atoms with Crippen molar-refractivity contribution in [2.45, 2.75) is 13.0 Å². The predicted octanol–water partition coefficient (Wildman–Crippen LogP) is 0.0654. The first kappa shape index (κ1) is 9.23. The molecular formula is C6H13NO3. The summed E-state index contributed by atoms with van der Waals surface area (Å²) >= 11 is 0. The molecule has 0 saturated carbocycles. The Balaban J connectivity index is 3.81. The van der Waals surface area contributed by atoms with Gasteiger partial charge in [0.2, 0.25) is 0 Å². The number of hydrogen-bond acceptors (Lipinski definition) is 3. The van der Waals surface area contributed by atoms with Gasteiger partial charge in [-0.2, -0.15) is 0 Å². The number of amides is 1. The minimum atomic E-state index is -0.429. The van der Waals surface area contributed by atoms with Gasteiger partial charge in [0.25, 0.3) is 0 Å². The SMILES string of the molecule is COC(=O)N(C)[C@@H](C)CO. The molecule has 10 heavy (non-hydrogen) atoms. The van der Waals surface area contributed by atoms with Gasteiger partial charge >= 0.3 is 6.09 Å². The van der Waals surface area contributed by atoms with Crippen LogP contribution in [0.1, 0.15) is 6.92 Å². The topological polar surface area (TPSA) is 49.8 Å². The van der Waals surface area contributed by atoms with Crippen LogP contribution in [0.15, 0.2) is 0 Å². The molecule has 0 radical (unpaired) electrons. The fraction of sp³-hybridized carbons (Fsp3) is 0.833. The van der Waals surface area contributed by atoms with E-state index in [1.165, 1.54) is 12.0 Å². The first-order valence-corrected chi connectivity index (χ1v) is 3.05. The van der Waals surface area contributed by atoms with Gasteiger partial charge in [0.15, 0.2) is 0 Å². The molecule has 0 heterocycles. The number of nitrogens with zero attached hydrogens (tertiary/aromatic N) is 1. The van der Waals surface area contributed by atoms with Crippen molar-refractivity contribution in [2.75, 3.05) is 20.8 Å². The number of rotatable bonds is 2. The van der Waals surface area contributed by atoms with Gasteiger partial charge in [0.05, 0.1) is 19.8 Å². The average molecular weight is 147 g/mol. The van der Waals surface area contributed by atoms with Crippen molar-refractivity contribution in [3.05, 3.63) is 0 Å². The molecule has 0 aliphatic carbocycles. The standard InChI is InChI=1S/C6H13NO3/c1-5(4-8)7(2)6(9)10-3/h5,8H,4H2,1-3H3/t5-/m0/s1. The van der Waals surface area contributed by atoms with Crippen LogP contribution in [0.4, 0.5) is 4.79 Å². The molecule has 1 N–H and O–H groups in total. The molecule has 0 aromatic heterocycles. The van der Waals surface area contributed by atoms with Crippen LogP contribution in [0.5, 0.6) is 0 Å². The van der Waals surface area contributed by atoms with Crippen LogP contribution in [0.2, 0.25) is 0 Å². The Bertz CT molecular complexity index is 116. The fourth-order valence-electron chi connectivity index (χ4n) is 0.446. The molecule has 0 saturated heterocycles. The van der Waals surface area contributed by atoms with Crippen LogP contribution >= 0.6 is 0 Å². The molecule has 4 nitrogen and oxygen atoms in total. The third kappa shape index (κ3) is 2.23. The van der Waals surface area contributed by atoms with Crippen LogP contribution < -0.4 is 0 Å². The van der Waals surface area contributed by atoms with Crippen molar-refractivity contribution in [2.24, 2.45) is 0 Å². The second kappa shape index (κ2) is 4.11. The molecule has 0 fully saturated rings. The summed E-state index contributed by atoms with van der Waals surface area (Å²) in [5.41, 5.74) is 0. The maximum atomic E-state index is 10.7. The van der Waals surface area contributed by atoms with Gasteiger partial charge in [-0.15, -0.1) is 0 Å². The minimum absolute atomic E-state index is 0.0500. The van der Waals surface area contributed by atoms with Crippen molar-refractivity contribution in [1.29, 1.82) is 0 Å². The maximum absolute atomic E-state index is 10.7. The van der Waals surface area contributed by atoms with E-state index in [9.17, 15) is 4.79 Å². The summed E-state index contributed by atoms with van der Waals surface area (Å²) < 4.78 is 4.41. The summed E-state index contributed by atoms with van der Waals surface area (Å²) in [6, 6.07) is -0.188. The first-order valence-electron chi connectivity index (χ1n) is 3.05. The zero-order valence-corrected chi connectivity index (χ0v) is 6.50. The van der Waals surface area contributed by atoms with Gasteiger partial charge in [-0.25, -0.2) is 4.79 Å². The Morgan fingerprint density at radius 2 is 2.30 bits per heavy atom. The van der Waals surface area contributed by atoms with Crippen molar-refractivity contribution >= 4 is 6.09 Å². The Labute approximate surface area is 60.4 Å². The van der Waals surface area contributed by atoms with Gasteiger partial charge in [0, 0.05) is 7.05 Å². The van der Waals surface area contributed by atoms with Gasteiger partial charge in [-0.1, -0.05) is 0 Å². The van der Waals surface area contributed by atoms with Crippen molar-refractivity contribution in [3.8, 4) is 0 Å². The Morgan fingerprint density at radius 3 is 2.60 bits per heavy atom. The van der Waals surface area contributed by atoms with E-state index in [0.717, 1.165) is 0 Å².